The SMILES string of the molecule is Cn1nccc1CNc1c(Cl)cc(Br)cc1Cl. The maximum Gasteiger partial charge on any atom is 0.0722 e. The van der Waals surface area contributed by atoms with Gasteiger partial charge in [-0.25, -0.2) is 0 Å². The lowest BCUT2D eigenvalue weighted by molar-refractivity contribution is 0.720. The summed E-state index contributed by atoms with van der Waals surface area (Å²) in [6.07, 6.45) is 1.75. The first-order valence-electron chi connectivity index (χ1n) is 4.93. The van der Waals surface area contributed by atoms with E-state index < -0.39 is 0 Å². The maximum atomic E-state index is 6.12. The Hall–Kier alpha value is -0.710. The molecule has 3 nitrogen and oxygen atoms in total. The van der Waals surface area contributed by atoms with Crippen LogP contribution in [-0.2, 0) is 13.6 Å². The van der Waals surface area contributed by atoms with E-state index in [1.807, 2.05) is 13.1 Å². The third-order valence-electron chi connectivity index (χ3n) is 2.38. The van der Waals surface area contributed by atoms with Gasteiger partial charge in [-0.15, -0.1) is 0 Å². The summed E-state index contributed by atoms with van der Waals surface area (Å²) in [6.45, 7) is 0.623. The van der Waals surface area contributed by atoms with Crippen molar-refractivity contribution in [1.82, 2.24) is 9.78 Å². The summed E-state index contributed by atoms with van der Waals surface area (Å²) in [5.41, 5.74) is 1.79. The lowest BCUT2D eigenvalue weighted by Crippen LogP contribution is -2.06. The highest BCUT2D eigenvalue weighted by molar-refractivity contribution is 9.10. The van der Waals surface area contributed by atoms with Gasteiger partial charge in [0.2, 0.25) is 0 Å². The summed E-state index contributed by atoms with van der Waals surface area (Å²) in [7, 11) is 1.89. The maximum absolute atomic E-state index is 6.12. The van der Waals surface area contributed by atoms with Gasteiger partial charge in [-0.2, -0.15) is 5.10 Å². The first-order chi connectivity index (χ1) is 8.08. The Morgan fingerprint density at radius 3 is 2.53 bits per heavy atom. The van der Waals surface area contributed by atoms with Crippen molar-refractivity contribution >= 4 is 44.8 Å². The number of hydrogen-bond donors (Lipinski definition) is 1. The topological polar surface area (TPSA) is 29.9 Å². The molecule has 0 fully saturated rings. The first-order valence-corrected chi connectivity index (χ1v) is 6.48. The van der Waals surface area contributed by atoms with Gasteiger partial charge < -0.3 is 5.32 Å². The molecule has 2 aromatic rings. The molecule has 0 amide bonds. The Morgan fingerprint density at radius 2 is 2.00 bits per heavy atom. The van der Waals surface area contributed by atoms with Crippen molar-refractivity contribution in [3.05, 3.63) is 44.6 Å². The Labute approximate surface area is 118 Å². The average Bonchev–Trinajstić information content (AvgIpc) is 2.62. The molecule has 0 bridgehead atoms. The van der Waals surface area contributed by atoms with Gasteiger partial charge in [-0.3, -0.25) is 4.68 Å². The Morgan fingerprint density at radius 1 is 1.35 bits per heavy atom. The van der Waals surface area contributed by atoms with Gasteiger partial charge in [-0.1, -0.05) is 39.1 Å². The van der Waals surface area contributed by atoms with E-state index in [-0.39, 0.29) is 0 Å². The highest BCUT2D eigenvalue weighted by Gasteiger charge is 2.08. The molecule has 0 spiro atoms. The minimum Gasteiger partial charge on any atom is -0.377 e. The minimum atomic E-state index is 0.589. The van der Waals surface area contributed by atoms with E-state index in [1.165, 1.54) is 0 Å². The highest BCUT2D eigenvalue weighted by Crippen LogP contribution is 2.33. The van der Waals surface area contributed by atoms with Crippen molar-refractivity contribution in [2.24, 2.45) is 7.05 Å². The Balaban J connectivity index is 2.17. The molecule has 1 N–H and O–H groups in total. The Bertz CT molecular complexity index is 516. The molecule has 6 heteroatoms. The van der Waals surface area contributed by atoms with Crippen molar-refractivity contribution in [1.29, 1.82) is 0 Å². The summed E-state index contributed by atoms with van der Waals surface area (Å²) in [5, 5.41) is 8.48. The molecule has 0 atom stereocenters. The van der Waals surface area contributed by atoms with E-state index in [2.05, 4.69) is 26.3 Å². The van der Waals surface area contributed by atoms with Crippen LogP contribution >= 0.6 is 39.1 Å². The van der Waals surface area contributed by atoms with Gasteiger partial charge in [-0.05, 0) is 18.2 Å². The van der Waals surface area contributed by atoms with Gasteiger partial charge in [0.05, 0.1) is 28.0 Å². The normalized spacial score (nSPS) is 10.6. The van der Waals surface area contributed by atoms with Crippen LogP contribution in [0.3, 0.4) is 0 Å². The van der Waals surface area contributed by atoms with E-state index in [9.17, 15) is 0 Å². The van der Waals surface area contributed by atoms with Gasteiger partial charge in [0.15, 0.2) is 0 Å². The second-order valence-electron chi connectivity index (χ2n) is 3.54. The molecule has 0 aliphatic carbocycles. The number of nitrogens with zero attached hydrogens (tertiary/aromatic N) is 2. The van der Waals surface area contributed by atoms with E-state index in [1.54, 1.807) is 23.0 Å². The molecular formula is C11H10BrCl2N3. The lowest BCUT2D eigenvalue weighted by atomic mass is 10.3. The summed E-state index contributed by atoms with van der Waals surface area (Å²) >= 11 is 15.6. The van der Waals surface area contributed by atoms with Crippen LogP contribution < -0.4 is 5.32 Å². The van der Waals surface area contributed by atoms with Crippen LogP contribution in [0.2, 0.25) is 10.0 Å². The molecule has 0 aliphatic heterocycles. The van der Waals surface area contributed by atoms with Crippen LogP contribution in [0, 0.1) is 0 Å². The fraction of sp³-hybridized carbons (Fsp3) is 0.182. The summed E-state index contributed by atoms with van der Waals surface area (Å²) in [5.74, 6) is 0. The second kappa shape index (κ2) is 5.29. The molecule has 0 saturated carbocycles. The van der Waals surface area contributed by atoms with Crippen molar-refractivity contribution in [3.8, 4) is 0 Å². The molecule has 1 aromatic heterocycles. The molecule has 1 aromatic carbocycles. The van der Waals surface area contributed by atoms with Gasteiger partial charge in [0.25, 0.3) is 0 Å². The quantitative estimate of drug-likeness (QED) is 0.915. The fourth-order valence-electron chi connectivity index (χ4n) is 1.46. The largest absolute Gasteiger partial charge is 0.377 e. The van der Waals surface area contributed by atoms with Crippen LogP contribution in [-0.4, -0.2) is 9.78 Å². The number of aryl methyl sites for hydroxylation is 1. The minimum absolute atomic E-state index is 0.589. The molecule has 0 unspecified atom stereocenters. The summed E-state index contributed by atoms with van der Waals surface area (Å²) < 4.78 is 2.66. The lowest BCUT2D eigenvalue weighted by Gasteiger charge is -2.11. The number of nitrogens with one attached hydrogen (secondary N) is 1. The summed E-state index contributed by atoms with van der Waals surface area (Å²) in [4.78, 5) is 0. The zero-order valence-electron chi connectivity index (χ0n) is 9.04. The molecule has 0 radical (unpaired) electrons. The summed E-state index contributed by atoms with van der Waals surface area (Å²) in [6, 6.07) is 5.55. The van der Waals surface area contributed by atoms with Gasteiger partial charge in [0, 0.05) is 17.7 Å². The molecule has 17 heavy (non-hydrogen) atoms. The van der Waals surface area contributed by atoms with Crippen LogP contribution in [0.1, 0.15) is 5.69 Å². The number of aromatic nitrogens is 2. The molecular weight excluding hydrogens is 325 g/mol. The first kappa shape index (κ1) is 12.7. The standard InChI is InChI=1S/C11H10BrCl2N3/c1-17-8(2-3-16-17)6-15-11-9(13)4-7(12)5-10(11)14/h2-5,15H,6H2,1H3. The van der Waals surface area contributed by atoms with E-state index in [0.29, 0.717) is 16.6 Å². The predicted octanol–water partition coefficient (Wildman–Crippen LogP) is 4.10. The fourth-order valence-corrected chi connectivity index (χ4v) is 2.81. The van der Waals surface area contributed by atoms with Gasteiger partial charge >= 0.3 is 0 Å². The number of benzene rings is 1. The molecule has 90 valence electrons. The van der Waals surface area contributed by atoms with E-state index >= 15 is 0 Å². The van der Waals surface area contributed by atoms with Crippen LogP contribution in [0.25, 0.3) is 0 Å². The predicted molar refractivity (Wildman–Crippen MR) is 74.7 cm³/mol. The number of hydrogen-bond acceptors (Lipinski definition) is 2. The average molecular weight is 335 g/mol. The number of rotatable bonds is 3. The van der Waals surface area contributed by atoms with Crippen LogP contribution in [0.4, 0.5) is 5.69 Å². The monoisotopic (exact) mass is 333 g/mol. The molecule has 0 saturated heterocycles. The molecule has 0 aliphatic rings. The van der Waals surface area contributed by atoms with Crippen LogP contribution in [0.5, 0.6) is 0 Å². The van der Waals surface area contributed by atoms with Crippen molar-refractivity contribution < 1.29 is 0 Å². The Kier molecular flexibility index (Phi) is 3.97. The van der Waals surface area contributed by atoms with Crippen LogP contribution in [0.15, 0.2) is 28.9 Å². The number of halogens is 3. The second-order valence-corrected chi connectivity index (χ2v) is 5.27. The zero-order valence-corrected chi connectivity index (χ0v) is 12.1. The van der Waals surface area contributed by atoms with Crippen molar-refractivity contribution in [3.63, 3.8) is 0 Å². The van der Waals surface area contributed by atoms with Gasteiger partial charge in [0.1, 0.15) is 0 Å². The highest BCUT2D eigenvalue weighted by atomic mass is 79.9. The molecule has 1 heterocycles. The van der Waals surface area contributed by atoms with E-state index in [0.717, 1.165) is 15.9 Å². The molecule has 2 rings (SSSR count). The van der Waals surface area contributed by atoms with E-state index in [4.69, 9.17) is 23.2 Å². The third kappa shape index (κ3) is 2.94. The van der Waals surface area contributed by atoms with Crippen molar-refractivity contribution in [2.75, 3.05) is 5.32 Å². The zero-order chi connectivity index (χ0) is 12.4. The number of anilines is 1. The smallest absolute Gasteiger partial charge is 0.0722 e. The van der Waals surface area contributed by atoms with Crippen molar-refractivity contribution in [2.45, 2.75) is 6.54 Å². The third-order valence-corrected chi connectivity index (χ3v) is 3.43.